The topological polar surface area (TPSA) is 106 Å². The molecular formula is C18H22N4O4S. The molecule has 8 nitrogen and oxygen atoms in total. The van der Waals surface area contributed by atoms with Gasteiger partial charge >= 0.3 is 11.9 Å². The standard InChI is InChI=1S/C18H22N4O4S/c1-8(2)14-19-17(27-22-14)21-20-13-15(23)25-18(26-16(13)24)11-4-9-3-10(6-11)7-12(18)5-9/h8-12,23H,3-7H2,1-2H3. The highest BCUT2D eigenvalue weighted by Crippen LogP contribution is 2.61. The highest BCUT2D eigenvalue weighted by Gasteiger charge is 2.64. The van der Waals surface area contributed by atoms with Crippen molar-refractivity contribution >= 4 is 22.6 Å². The van der Waals surface area contributed by atoms with Crippen LogP contribution in [0.3, 0.4) is 0 Å². The van der Waals surface area contributed by atoms with Crippen molar-refractivity contribution in [2.45, 2.75) is 57.7 Å². The maximum atomic E-state index is 12.6. The first-order valence-electron chi connectivity index (χ1n) is 9.55. The Morgan fingerprint density at radius 1 is 1.11 bits per heavy atom. The zero-order valence-electron chi connectivity index (χ0n) is 15.3. The lowest BCUT2D eigenvalue weighted by molar-refractivity contribution is -0.325. The lowest BCUT2D eigenvalue weighted by atomic mass is 9.53. The van der Waals surface area contributed by atoms with Crippen molar-refractivity contribution in [3.8, 4) is 0 Å². The van der Waals surface area contributed by atoms with Crippen molar-refractivity contribution in [2.75, 3.05) is 0 Å². The molecule has 1 aliphatic heterocycles. The van der Waals surface area contributed by atoms with Gasteiger partial charge in [-0.15, -0.1) is 10.2 Å². The Kier molecular flexibility index (Phi) is 3.79. The van der Waals surface area contributed by atoms with Crippen LogP contribution in [0.4, 0.5) is 5.13 Å². The van der Waals surface area contributed by atoms with Crippen LogP contribution in [0.15, 0.2) is 21.9 Å². The monoisotopic (exact) mass is 390 g/mol. The summed E-state index contributed by atoms with van der Waals surface area (Å²) in [5, 5.41) is 18.5. The first-order valence-corrected chi connectivity index (χ1v) is 10.3. The van der Waals surface area contributed by atoms with Gasteiger partial charge in [0.25, 0.3) is 11.5 Å². The van der Waals surface area contributed by atoms with Gasteiger partial charge in [-0.25, -0.2) is 4.79 Å². The molecule has 0 unspecified atom stereocenters. The number of carbonyl (C=O) groups excluding carboxylic acids is 1. The SMILES string of the molecule is CC(C)c1nsc(N=NC2=C(O)OC3(OC2=O)C2CC4CC(C2)CC3C4)n1. The summed E-state index contributed by atoms with van der Waals surface area (Å²) in [6, 6.07) is 0. The van der Waals surface area contributed by atoms with Gasteiger partial charge in [0.15, 0.2) is 0 Å². The molecule has 4 fully saturated rings. The summed E-state index contributed by atoms with van der Waals surface area (Å²) in [4.78, 5) is 16.9. The highest BCUT2D eigenvalue weighted by molar-refractivity contribution is 7.09. The molecule has 1 aromatic rings. The van der Waals surface area contributed by atoms with Crippen LogP contribution in [0, 0.1) is 23.7 Å². The Balaban J connectivity index is 1.40. The second-order valence-corrected chi connectivity index (χ2v) is 9.19. The minimum absolute atomic E-state index is 0.148. The Morgan fingerprint density at radius 3 is 2.33 bits per heavy atom. The summed E-state index contributed by atoms with van der Waals surface area (Å²) < 4.78 is 15.9. The van der Waals surface area contributed by atoms with Gasteiger partial charge in [-0.2, -0.15) is 9.36 Å². The third kappa shape index (κ3) is 2.66. The van der Waals surface area contributed by atoms with E-state index in [4.69, 9.17) is 9.47 Å². The largest absolute Gasteiger partial charge is 0.479 e. The predicted molar refractivity (Wildman–Crippen MR) is 95.1 cm³/mol. The fraction of sp³-hybridized carbons (Fsp3) is 0.722. The fourth-order valence-electron chi connectivity index (χ4n) is 5.35. The molecule has 2 heterocycles. The number of aliphatic hydroxyl groups excluding tert-OH is 1. The number of aromatic nitrogens is 2. The number of nitrogens with zero attached hydrogens (tertiary/aromatic N) is 4. The summed E-state index contributed by atoms with van der Waals surface area (Å²) in [5.41, 5.74) is -0.310. The minimum atomic E-state index is -1.03. The average Bonchev–Trinajstić information content (AvgIpc) is 3.08. The van der Waals surface area contributed by atoms with E-state index < -0.39 is 17.7 Å². The number of esters is 1. The van der Waals surface area contributed by atoms with Crippen molar-refractivity contribution in [3.63, 3.8) is 0 Å². The van der Waals surface area contributed by atoms with Crippen LogP contribution in [-0.2, 0) is 14.3 Å². The quantitative estimate of drug-likeness (QED) is 0.612. The number of hydrogen-bond donors (Lipinski definition) is 1. The van der Waals surface area contributed by atoms with Crippen LogP contribution in [0.2, 0.25) is 0 Å². The number of ether oxygens (including phenoxy) is 2. The van der Waals surface area contributed by atoms with E-state index in [1.807, 2.05) is 13.8 Å². The number of hydrogen-bond acceptors (Lipinski definition) is 9. The van der Waals surface area contributed by atoms with Crippen LogP contribution in [0.25, 0.3) is 0 Å². The molecule has 0 atom stereocenters. The molecule has 0 amide bonds. The predicted octanol–water partition coefficient (Wildman–Crippen LogP) is 4.20. The summed E-state index contributed by atoms with van der Waals surface area (Å²) in [6.45, 7) is 3.96. The smallest absolute Gasteiger partial charge is 0.369 e. The molecule has 0 radical (unpaired) electrons. The third-order valence-corrected chi connectivity index (χ3v) is 6.98. The maximum absolute atomic E-state index is 12.6. The molecular weight excluding hydrogens is 368 g/mol. The number of carbonyl (C=O) groups is 1. The molecule has 1 aromatic heterocycles. The van der Waals surface area contributed by atoms with Crippen LogP contribution >= 0.6 is 11.5 Å². The highest BCUT2D eigenvalue weighted by atomic mass is 32.1. The second kappa shape index (κ2) is 5.98. The van der Waals surface area contributed by atoms with Gasteiger partial charge in [-0.3, -0.25) is 0 Å². The van der Waals surface area contributed by atoms with Crippen molar-refractivity contribution < 1.29 is 19.4 Å². The zero-order chi connectivity index (χ0) is 18.8. The fourth-order valence-corrected chi connectivity index (χ4v) is 5.99. The van der Waals surface area contributed by atoms with E-state index in [2.05, 4.69) is 19.6 Å². The van der Waals surface area contributed by atoms with E-state index in [-0.39, 0.29) is 23.5 Å². The van der Waals surface area contributed by atoms with Crippen molar-refractivity contribution in [1.29, 1.82) is 0 Å². The summed E-state index contributed by atoms with van der Waals surface area (Å²) in [5.74, 6) is 0.339. The van der Waals surface area contributed by atoms with Crippen LogP contribution in [0.1, 0.15) is 57.7 Å². The maximum Gasteiger partial charge on any atom is 0.369 e. The Labute approximate surface area is 160 Å². The first kappa shape index (κ1) is 17.1. The van der Waals surface area contributed by atoms with E-state index >= 15 is 0 Å². The molecule has 5 aliphatic rings. The molecule has 0 saturated heterocycles. The van der Waals surface area contributed by atoms with E-state index in [0.717, 1.165) is 37.2 Å². The number of rotatable bonds is 3. The summed E-state index contributed by atoms with van der Waals surface area (Å²) >= 11 is 1.09. The lowest BCUT2D eigenvalue weighted by Gasteiger charge is -2.59. The molecule has 27 heavy (non-hydrogen) atoms. The third-order valence-electron chi connectivity index (χ3n) is 6.36. The molecule has 9 heteroatoms. The van der Waals surface area contributed by atoms with Gasteiger partial charge in [-0.05, 0) is 43.9 Å². The van der Waals surface area contributed by atoms with Crippen LogP contribution in [-0.4, -0.2) is 26.2 Å². The molecule has 1 N–H and O–H groups in total. The van der Waals surface area contributed by atoms with E-state index in [0.29, 0.717) is 22.8 Å². The average molecular weight is 390 g/mol. The Hall–Kier alpha value is -2.03. The first-order chi connectivity index (χ1) is 12.9. The lowest BCUT2D eigenvalue weighted by Crippen LogP contribution is -2.62. The van der Waals surface area contributed by atoms with Gasteiger partial charge in [0.1, 0.15) is 5.82 Å². The van der Waals surface area contributed by atoms with Gasteiger partial charge in [0, 0.05) is 29.3 Å². The molecule has 144 valence electrons. The number of aliphatic hydroxyl groups is 1. The Morgan fingerprint density at radius 2 is 1.78 bits per heavy atom. The van der Waals surface area contributed by atoms with E-state index in [1.54, 1.807) is 0 Å². The van der Waals surface area contributed by atoms with Gasteiger partial charge < -0.3 is 14.6 Å². The van der Waals surface area contributed by atoms with Crippen molar-refractivity contribution in [1.82, 2.24) is 9.36 Å². The Bertz CT molecular complexity index is 818. The number of azo groups is 1. The van der Waals surface area contributed by atoms with E-state index in [9.17, 15) is 9.90 Å². The van der Waals surface area contributed by atoms with Crippen molar-refractivity contribution in [2.24, 2.45) is 33.9 Å². The van der Waals surface area contributed by atoms with E-state index in [1.165, 1.54) is 6.42 Å². The molecule has 6 rings (SSSR count). The zero-order valence-corrected chi connectivity index (χ0v) is 16.1. The van der Waals surface area contributed by atoms with Crippen LogP contribution < -0.4 is 0 Å². The van der Waals surface area contributed by atoms with Gasteiger partial charge in [0.2, 0.25) is 5.13 Å². The van der Waals surface area contributed by atoms with Gasteiger partial charge in [0.05, 0.1) is 0 Å². The molecule has 4 bridgehead atoms. The second-order valence-electron chi connectivity index (χ2n) is 8.46. The summed E-state index contributed by atoms with van der Waals surface area (Å²) in [7, 11) is 0. The minimum Gasteiger partial charge on any atom is -0.479 e. The van der Waals surface area contributed by atoms with Crippen molar-refractivity contribution in [3.05, 3.63) is 17.5 Å². The van der Waals surface area contributed by atoms with Gasteiger partial charge in [-0.1, -0.05) is 13.8 Å². The van der Waals surface area contributed by atoms with Crippen LogP contribution in [0.5, 0.6) is 0 Å². The molecule has 1 spiro atoms. The molecule has 4 saturated carbocycles. The normalized spacial score (nSPS) is 37.5. The molecule has 0 aromatic carbocycles. The summed E-state index contributed by atoms with van der Waals surface area (Å²) in [6.07, 6.45) is 5.25. The molecule has 4 aliphatic carbocycles.